The van der Waals surface area contributed by atoms with Crippen LogP contribution in [0.5, 0.6) is 0 Å². The number of nitrogens with zero attached hydrogens (tertiary/aromatic N) is 2. The minimum atomic E-state index is -5.01. The first-order chi connectivity index (χ1) is 37.3. The highest BCUT2D eigenvalue weighted by Gasteiger charge is 2.44. The zero-order valence-electron chi connectivity index (χ0n) is 42.0. The SMILES string of the molecule is C.C.C=O.FC(F)(F)c1ccc2c(c1)CNCC2.NCCc1ccc(C(F)(F)F)cc1.O=C(N1CCc2ccc(C(F)(F)F)cc2C1)C(F)(F)F.O=C(NCCc1ccc(C(F)(F)F)cc1)C(F)(F)F.[C-]#[N+]Cc1ccc(C(F)(F)F)cc1.[HH].[OH-]. The molecule has 9 nitrogen and oxygen atoms in total. The van der Waals surface area contributed by atoms with Gasteiger partial charge in [-0.2, -0.15) is 92.2 Å². The van der Waals surface area contributed by atoms with E-state index in [9.17, 15) is 102 Å². The quantitative estimate of drug-likeness (QED) is 0.114. The van der Waals surface area contributed by atoms with Gasteiger partial charge in [-0.1, -0.05) is 63.4 Å². The fourth-order valence-electron chi connectivity index (χ4n) is 6.94. The van der Waals surface area contributed by atoms with Crippen LogP contribution in [-0.2, 0) is 90.6 Å². The summed E-state index contributed by atoms with van der Waals surface area (Å²) in [7, 11) is 0. The van der Waals surface area contributed by atoms with Crippen molar-refractivity contribution in [2.24, 2.45) is 5.73 Å². The van der Waals surface area contributed by atoms with E-state index < -0.39 is 89.4 Å². The van der Waals surface area contributed by atoms with Crippen molar-refractivity contribution >= 4 is 18.6 Å². The molecular formula is C54H57F21N5O4-. The van der Waals surface area contributed by atoms with Gasteiger partial charge in [0.1, 0.15) is 6.79 Å². The zero-order valence-corrected chi connectivity index (χ0v) is 42.0. The maximum absolute atomic E-state index is 12.5. The van der Waals surface area contributed by atoms with Crippen LogP contribution < -0.4 is 16.4 Å². The van der Waals surface area contributed by atoms with Crippen LogP contribution in [0.15, 0.2) is 109 Å². The van der Waals surface area contributed by atoms with E-state index in [-0.39, 0.29) is 59.8 Å². The van der Waals surface area contributed by atoms with Gasteiger partial charge < -0.3 is 36.4 Å². The number of benzene rings is 5. The van der Waals surface area contributed by atoms with E-state index in [1.807, 2.05) is 6.79 Å². The van der Waals surface area contributed by atoms with Crippen molar-refractivity contribution in [1.29, 1.82) is 0 Å². The summed E-state index contributed by atoms with van der Waals surface area (Å²) in [4.78, 5) is 33.1. The van der Waals surface area contributed by atoms with Gasteiger partial charge in [0.25, 0.3) is 0 Å². The summed E-state index contributed by atoms with van der Waals surface area (Å²) in [6.45, 7) is 9.56. The summed E-state index contributed by atoms with van der Waals surface area (Å²) in [6, 6.07) is 20.6. The van der Waals surface area contributed by atoms with Crippen molar-refractivity contribution in [1.82, 2.24) is 15.5 Å². The predicted octanol–water partition coefficient (Wildman–Crippen LogP) is 14.9. The molecule has 5 N–H and O–H groups in total. The minimum absolute atomic E-state index is 0. The molecule has 0 radical (unpaired) electrons. The summed E-state index contributed by atoms with van der Waals surface area (Å²) in [6.07, 6.45) is -30.2. The molecule has 0 unspecified atom stereocenters. The van der Waals surface area contributed by atoms with Gasteiger partial charge >= 0.3 is 55.0 Å². The van der Waals surface area contributed by atoms with Crippen LogP contribution in [0.1, 0.15) is 83.0 Å². The molecule has 0 saturated carbocycles. The molecule has 5 aromatic rings. The van der Waals surface area contributed by atoms with Crippen LogP contribution in [0, 0.1) is 6.57 Å². The molecule has 2 amide bonds. The van der Waals surface area contributed by atoms with E-state index in [4.69, 9.17) is 17.1 Å². The maximum atomic E-state index is 12.5. The maximum Gasteiger partial charge on any atom is 0.471 e. The highest BCUT2D eigenvalue weighted by atomic mass is 19.4. The third-order valence-electron chi connectivity index (χ3n) is 11.0. The summed E-state index contributed by atoms with van der Waals surface area (Å²) >= 11 is 0. The van der Waals surface area contributed by atoms with Crippen molar-refractivity contribution in [3.8, 4) is 0 Å². The first-order valence-corrected chi connectivity index (χ1v) is 22.9. The van der Waals surface area contributed by atoms with Crippen LogP contribution >= 0.6 is 0 Å². The molecule has 2 aliphatic heterocycles. The largest absolute Gasteiger partial charge is 0.870 e. The van der Waals surface area contributed by atoms with Crippen molar-refractivity contribution in [2.45, 2.75) is 103 Å². The van der Waals surface area contributed by atoms with Crippen molar-refractivity contribution in [3.05, 3.63) is 187 Å². The van der Waals surface area contributed by atoms with Gasteiger partial charge in [-0.3, -0.25) is 9.59 Å². The molecule has 7 rings (SSSR count). The molecule has 0 atom stereocenters. The van der Waals surface area contributed by atoms with Crippen LogP contribution in [0.4, 0.5) is 92.2 Å². The Kier molecular flexibility index (Phi) is 31.6. The number of rotatable bonds is 6. The molecule has 5 aromatic carbocycles. The van der Waals surface area contributed by atoms with Crippen molar-refractivity contribution in [2.75, 3.05) is 26.2 Å². The average Bonchev–Trinajstić information content (AvgIpc) is 3.33. The van der Waals surface area contributed by atoms with E-state index in [0.29, 0.717) is 41.1 Å². The molecule has 2 heterocycles. The monoisotopic (exact) mass is 1240 g/mol. The second-order valence-electron chi connectivity index (χ2n) is 16.8. The first-order valence-electron chi connectivity index (χ1n) is 22.9. The predicted molar refractivity (Wildman–Crippen MR) is 268 cm³/mol. The number of fused-ring (bicyclic) bond motifs is 2. The summed E-state index contributed by atoms with van der Waals surface area (Å²) < 4.78 is 256. The Balaban J connectivity index is -0.000000980. The molecule has 0 saturated heterocycles. The Morgan fingerprint density at radius 1 is 0.536 bits per heavy atom. The Bertz CT molecular complexity index is 2810. The Morgan fingerprint density at radius 3 is 1.27 bits per heavy atom. The van der Waals surface area contributed by atoms with Crippen LogP contribution in [0.3, 0.4) is 0 Å². The second kappa shape index (κ2) is 33.8. The number of alkyl halides is 21. The molecule has 0 aromatic heterocycles. The molecule has 2 aliphatic rings. The normalized spacial score (nSPS) is 12.9. The number of hydrogen-bond donors (Lipinski definition) is 3. The molecule has 0 spiro atoms. The van der Waals surface area contributed by atoms with Crippen LogP contribution in [0.25, 0.3) is 4.85 Å². The molecular weight excluding hydrogens is 1180 g/mol. The van der Waals surface area contributed by atoms with Gasteiger partial charge in [0.05, 0.1) is 27.8 Å². The lowest BCUT2D eigenvalue weighted by molar-refractivity contribution is -0.186. The lowest BCUT2D eigenvalue weighted by atomic mass is 9.97. The number of amides is 2. The van der Waals surface area contributed by atoms with Crippen LogP contribution in [-0.4, -0.2) is 67.5 Å². The molecule has 30 heteroatoms. The second-order valence-corrected chi connectivity index (χ2v) is 16.8. The molecule has 84 heavy (non-hydrogen) atoms. The smallest absolute Gasteiger partial charge is 0.471 e. The molecule has 0 aliphatic carbocycles. The Hall–Kier alpha value is -7.39. The number of nitrogens with two attached hydrogens (primary N) is 1. The summed E-state index contributed by atoms with van der Waals surface area (Å²) in [5, 5.41) is 4.68. The third kappa shape index (κ3) is 26.9. The summed E-state index contributed by atoms with van der Waals surface area (Å²) in [5.41, 5.74) is 5.89. The van der Waals surface area contributed by atoms with E-state index in [0.717, 1.165) is 96.4 Å². The fraction of sp³-hybridized carbons (Fsp3) is 0.370. The molecule has 470 valence electrons. The van der Waals surface area contributed by atoms with Gasteiger partial charge in [0.15, 0.2) is 0 Å². The number of hydrogen-bond acceptors (Lipinski definition) is 6. The number of carbonyl (C=O) groups is 3. The number of carbonyl (C=O) groups excluding carboxylic acids is 3. The standard InChI is InChI=1S/C12H9F6NO.C11H9F6NO.C10H10F3N.C9H6F3N.C9H10F3N.CH2O.2CH4.H2O.H2/c13-11(14,15)9-2-1-7-3-4-19(6-8(7)5-9)10(20)12(16,17)18;12-10(13,14)8-3-1-7(2-4-8)5-6-18-9(19)11(15,16)17;11-10(12,13)9-2-1-7-3-4-14-6-8(7)5-9;1-13-6-7-2-4-8(5-3-7)9(10,11)12;10-9(11,12)8-3-1-7(2-4-8)5-6-13;1-2;;;;/h1-2,5H,3-4,6H2;1-4H,5-6H2,(H,18,19);1-2,5,14H,3-4,6H2;2-5H,6H2;1-4H,5-6,13H2;1H2;2*1H4;1H2;1H/p-1. The van der Waals surface area contributed by atoms with Gasteiger partial charge in [-0.05, 0) is 133 Å². The van der Waals surface area contributed by atoms with Crippen molar-refractivity contribution in [3.63, 3.8) is 0 Å². The highest BCUT2D eigenvalue weighted by Crippen LogP contribution is 2.35. The number of halogens is 21. The van der Waals surface area contributed by atoms with Crippen LogP contribution in [0.2, 0.25) is 0 Å². The topological polar surface area (TPSA) is 139 Å². The van der Waals surface area contributed by atoms with Gasteiger partial charge in [0.2, 0.25) is 6.54 Å². The third-order valence-corrected chi connectivity index (χ3v) is 11.0. The lowest BCUT2D eigenvalue weighted by Gasteiger charge is -2.29. The molecule has 0 bridgehead atoms. The summed E-state index contributed by atoms with van der Waals surface area (Å²) in [5.74, 6) is -4.10. The first kappa shape index (κ1) is 78.7. The van der Waals surface area contributed by atoms with E-state index in [1.165, 1.54) is 36.4 Å². The van der Waals surface area contributed by atoms with E-state index in [2.05, 4.69) is 10.2 Å². The highest BCUT2D eigenvalue weighted by molar-refractivity contribution is 5.82. The van der Waals surface area contributed by atoms with Gasteiger partial charge in [-0.15, -0.1) is 0 Å². The van der Waals surface area contributed by atoms with E-state index in [1.54, 1.807) is 11.4 Å². The zero-order chi connectivity index (χ0) is 61.8. The lowest BCUT2D eigenvalue weighted by Crippen LogP contribution is -2.43. The van der Waals surface area contributed by atoms with Crippen molar-refractivity contribution < 1.29 is 113 Å². The van der Waals surface area contributed by atoms with E-state index >= 15 is 0 Å². The Morgan fingerprint density at radius 2 is 0.905 bits per heavy atom. The minimum Gasteiger partial charge on any atom is -0.870 e. The number of nitrogens with one attached hydrogen (secondary N) is 2. The average molecular weight is 1240 g/mol. The fourth-order valence-corrected chi connectivity index (χ4v) is 6.94. The Labute approximate surface area is 469 Å². The van der Waals surface area contributed by atoms with Gasteiger partial charge in [-0.25, -0.2) is 6.57 Å². The molecule has 0 fully saturated rings. The van der Waals surface area contributed by atoms with Gasteiger partial charge in [0, 0.05) is 33.2 Å².